The number of benzene rings is 3. The van der Waals surface area contributed by atoms with Gasteiger partial charge in [0.1, 0.15) is 5.75 Å². The summed E-state index contributed by atoms with van der Waals surface area (Å²) in [4.78, 5) is 23.5. The average molecular weight is 348 g/mol. The molecule has 0 bridgehead atoms. The van der Waals surface area contributed by atoms with Crippen molar-refractivity contribution in [3.05, 3.63) is 66.7 Å². The van der Waals surface area contributed by atoms with E-state index >= 15 is 0 Å². The highest BCUT2D eigenvalue weighted by Crippen LogP contribution is 2.22. The van der Waals surface area contributed by atoms with Crippen molar-refractivity contribution < 1.29 is 14.3 Å². The lowest BCUT2D eigenvalue weighted by Crippen LogP contribution is -2.30. The summed E-state index contributed by atoms with van der Waals surface area (Å²) in [6.07, 6.45) is -0.666. The molecule has 0 aromatic heterocycles. The molecule has 1 atom stereocenters. The second-order valence-electron chi connectivity index (χ2n) is 6.02. The summed E-state index contributed by atoms with van der Waals surface area (Å²) in [5, 5.41) is 7.65. The molecule has 0 aliphatic carbocycles. The van der Waals surface area contributed by atoms with Crippen LogP contribution in [0.5, 0.6) is 5.75 Å². The zero-order chi connectivity index (χ0) is 18.5. The Labute approximate surface area is 152 Å². The van der Waals surface area contributed by atoms with Crippen LogP contribution in [0.25, 0.3) is 10.8 Å². The second kappa shape index (κ2) is 7.70. The van der Waals surface area contributed by atoms with Gasteiger partial charge in [0.05, 0.1) is 0 Å². The number of carbonyl (C=O) groups is 2. The molecule has 0 aliphatic heterocycles. The molecule has 3 aromatic carbocycles. The third-order valence-corrected chi connectivity index (χ3v) is 3.85. The van der Waals surface area contributed by atoms with Crippen LogP contribution in [0.4, 0.5) is 11.4 Å². The first-order chi connectivity index (χ1) is 12.5. The van der Waals surface area contributed by atoms with Crippen molar-refractivity contribution in [2.45, 2.75) is 20.0 Å². The second-order valence-corrected chi connectivity index (χ2v) is 6.02. The van der Waals surface area contributed by atoms with Crippen LogP contribution in [0.3, 0.4) is 0 Å². The standard InChI is InChI=1S/C21H20N2O3/c1-14(26-20-11-10-16-6-3-4-7-17(16)12-20)21(25)23-19-9-5-8-18(13-19)22-15(2)24/h3-14H,1-2H3,(H,22,24)(H,23,25). The zero-order valence-corrected chi connectivity index (χ0v) is 14.7. The highest BCUT2D eigenvalue weighted by Gasteiger charge is 2.15. The highest BCUT2D eigenvalue weighted by atomic mass is 16.5. The van der Waals surface area contributed by atoms with Gasteiger partial charge in [0.25, 0.3) is 5.91 Å². The van der Waals surface area contributed by atoms with Gasteiger partial charge in [-0.2, -0.15) is 0 Å². The Bertz CT molecular complexity index is 953. The molecule has 0 spiro atoms. The zero-order valence-electron chi connectivity index (χ0n) is 14.7. The highest BCUT2D eigenvalue weighted by molar-refractivity contribution is 5.95. The molecule has 0 saturated heterocycles. The first kappa shape index (κ1) is 17.5. The monoisotopic (exact) mass is 348 g/mol. The lowest BCUT2D eigenvalue weighted by Gasteiger charge is -2.15. The summed E-state index contributed by atoms with van der Waals surface area (Å²) >= 11 is 0. The van der Waals surface area contributed by atoms with Crippen molar-refractivity contribution in [1.29, 1.82) is 0 Å². The van der Waals surface area contributed by atoms with Gasteiger partial charge < -0.3 is 15.4 Å². The third-order valence-electron chi connectivity index (χ3n) is 3.85. The van der Waals surface area contributed by atoms with Crippen molar-refractivity contribution in [2.24, 2.45) is 0 Å². The minimum Gasteiger partial charge on any atom is -0.481 e. The van der Waals surface area contributed by atoms with Crippen LogP contribution in [-0.2, 0) is 9.59 Å². The normalized spacial score (nSPS) is 11.6. The Morgan fingerprint density at radius 2 is 1.54 bits per heavy atom. The minimum absolute atomic E-state index is 0.165. The quantitative estimate of drug-likeness (QED) is 0.726. The molecule has 0 radical (unpaired) electrons. The van der Waals surface area contributed by atoms with E-state index < -0.39 is 6.10 Å². The fourth-order valence-electron chi connectivity index (χ4n) is 2.62. The van der Waals surface area contributed by atoms with Crippen molar-refractivity contribution in [3.63, 3.8) is 0 Å². The average Bonchev–Trinajstić information content (AvgIpc) is 2.61. The largest absolute Gasteiger partial charge is 0.481 e. The summed E-state index contributed by atoms with van der Waals surface area (Å²) < 4.78 is 5.77. The molecule has 0 fully saturated rings. The van der Waals surface area contributed by atoms with E-state index in [1.807, 2.05) is 42.5 Å². The molecule has 3 rings (SSSR count). The van der Waals surface area contributed by atoms with E-state index in [4.69, 9.17) is 4.74 Å². The van der Waals surface area contributed by atoms with Gasteiger partial charge in [0, 0.05) is 18.3 Å². The third kappa shape index (κ3) is 4.39. The number of anilines is 2. The molecule has 2 amide bonds. The van der Waals surface area contributed by atoms with Crippen molar-refractivity contribution in [3.8, 4) is 5.75 Å². The molecule has 0 heterocycles. The number of carbonyl (C=O) groups excluding carboxylic acids is 2. The summed E-state index contributed by atoms with van der Waals surface area (Å²) in [5.74, 6) is 0.206. The van der Waals surface area contributed by atoms with Crippen LogP contribution in [-0.4, -0.2) is 17.9 Å². The number of hydrogen-bond acceptors (Lipinski definition) is 3. The number of rotatable bonds is 5. The maximum atomic E-state index is 12.4. The van der Waals surface area contributed by atoms with E-state index in [1.165, 1.54) is 6.92 Å². The molecule has 3 aromatic rings. The van der Waals surface area contributed by atoms with E-state index in [9.17, 15) is 9.59 Å². The summed E-state index contributed by atoms with van der Waals surface area (Å²) in [5.41, 5.74) is 1.22. The maximum absolute atomic E-state index is 12.4. The topological polar surface area (TPSA) is 67.4 Å². The first-order valence-electron chi connectivity index (χ1n) is 8.35. The molecule has 5 heteroatoms. The Morgan fingerprint density at radius 3 is 2.27 bits per heavy atom. The number of amides is 2. The van der Waals surface area contributed by atoms with Crippen LogP contribution in [0, 0.1) is 0 Å². The molecular weight excluding hydrogens is 328 g/mol. The Kier molecular flexibility index (Phi) is 5.17. The van der Waals surface area contributed by atoms with Crippen molar-refractivity contribution in [2.75, 3.05) is 10.6 Å². The SMILES string of the molecule is CC(=O)Nc1cccc(NC(=O)C(C)Oc2ccc3ccccc3c2)c1. The molecule has 5 nitrogen and oxygen atoms in total. The Balaban J connectivity index is 1.66. The van der Waals surface area contributed by atoms with Crippen LogP contribution in [0.1, 0.15) is 13.8 Å². The van der Waals surface area contributed by atoms with Gasteiger partial charge in [0.15, 0.2) is 6.10 Å². The van der Waals surface area contributed by atoms with Gasteiger partial charge in [-0.3, -0.25) is 9.59 Å². The fraction of sp³-hybridized carbons (Fsp3) is 0.143. The van der Waals surface area contributed by atoms with E-state index in [2.05, 4.69) is 10.6 Å². The van der Waals surface area contributed by atoms with Crippen LogP contribution in [0.2, 0.25) is 0 Å². The number of ether oxygens (including phenoxy) is 1. The molecule has 26 heavy (non-hydrogen) atoms. The molecule has 132 valence electrons. The summed E-state index contributed by atoms with van der Waals surface area (Å²) in [6.45, 7) is 3.13. The van der Waals surface area contributed by atoms with Gasteiger partial charge in [-0.1, -0.05) is 36.4 Å². The predicted octanol–water partition coefficient (Wildman–Crippen LogP) is 4.20. The van der Waals surface area contributed by atoms with Crippen LogP contribution < -0.4 is 15.4 Å². The first-order valence-corrected chi connectivity index (χ1v) is 8.35. The van der Waals surface area contributed by atoms with Crippen molar-refractivity contribution >= 4 is 34.0 Å². The van der Waals surface area contributed by atoms with Gasteiger partial charge >= 0.3 is 0 Å². The van der Waals surface area contributed by atoms with E-state index in [1.54, 1.807) is 31.2 Å². The lowest BCUT2D eigenvalue weighted by atomic mass is 10.1. The van der Waals surface area contributed by atoms with E-state index in [-0.39, 0.29) is 11.8 Å². The smallest absolute Gasteiger partial charge is 0.265 e. The minimum atomic E-state index is -0.666. The van der Waals surface area contributed by atoms with Gasteiger partial charge in [-0.15, -0.1) is 0 Å². The Hall–Kier alpha value is -3.34. The molecule has 0 aliphatic rings. The summed E-state index contributed by atoms with van der Waals surface area (Å²) in [7, 11) is 0. The Morgan fingerprint density at radius 1 is 0.846 bits per heavy atom. The molecule has 0 saturated carbocycles. The lowest BCUT2D eigenvalue weighted by molar-refractivity contribution is -0.122. The predicted molar refractivity (Wildman–Crippen MR) is 103 cm³/mol. The van der Waals surface area contributed by atoms with Gasteiger partial charge in [-0.05, 0) is 48.0 Å². The van der Waals surface area contributed by atoms with Crippen LogP contribution in [0.15, 0.2) is 66.7 Å². The van der Waals surface area contributed by atoms with E-state index in [0.29, 0.717) is 17.1 Å². The summed E-state index contributed by atoms with van der Waals surface area (Å²) in [6, 6.07) is 20.7. The molecule has 2 N–H and O–H groups in total. The molecular formula is C21H20N2O3. The van der Waals surface area contributed by atoms with Gasteiger partial charge in [0.2, 0.25) is 5.91 Å². The number of fused-ring (bicyclic) bond motifs is 1. The number of nitrogens with one attached hydrogen (secondary N) is 2. The maximum Gasteiger partial charge on any atom is 0.265 e. The van der Waals surface area contributed by atoms with Gasteiger partial charge in [-0.25, -0.2) is 0 Å². The number of hydrogen-bond donors (Lipinski definition) is 2. The fourth-order valence-corrected chi connectivity index (χ4v) is 2.62. The van der Waals surface area contributed by atoms with Crippen LogP contribution >= 0.6 is 0 Å². The van der Waals surface area contributed by atoms with E-state index in [0.717, 1.165) is 10.8 Å². The molecule has 1 unspecified atom stereocenters. The van der Waals surface area contributed by atoms with Crippen molar-refractivity contribution in [1.82, 2.24) is 0 Å².